The Morgan fingerprint density at radius 2 is 2.42 bits per heavy atom. The van der Waals surface area contributed by atoms with E-state index in [9.17, 15) is 4.79 Å². The van der Waals surface area contributed by atoms with E-state index in [-0.39, 0.29) is 5.91 Å². The molecule has 12 heavy (non-hydrogen) atoms. The number of piperidine rings is 1. The predicted octanol–water partition coefficient (Wildman–Crippen LogP) is 0.594. The third-order valence-corrected chi connectivity index (χ3v) is 2.37. The Hall–Kier alpha value is -0.570. The molecule has 1 aliphatic heterocycles. The first-order valence-corrected chi connectivity index (χ1v) is 4.72. The van der Waals surface area contributed by atoms with Crippen molar-refractivity contribution in [3.63, 3.8) is 0 Å². The van der Waals surface area contributed by atoms with Crippen molar-refractivity contribution in [2.24, 2.45) is 11.7 Å². The number of nitrogens with zero attached hydrogens (tertiary/aromatic N) is 1. The van der Waals surface area contributed by atoms with Crippen LogP contribution in [0.5, 0.6) is 0 Å². The molecule has 1 unspecified atom stereocenters. The van der Waals surface area contributed by atoms with Crippen molar-refractivity contribution in [3.8, 4) is 0 Å². The van der Waals surface area contributed by atoms with Crippen molar-refractivity contribution in [3.05, 3.63) is 0 Å². The van der Waals surface area contributed by atoms with Gasteiger partial charge in [0.2, 0.25) is 5.91 Å². The molecule has 1 fully saturated rings. The van der Waals surface area contributed by atoms with Gasteiger partial charge in [0, 0.05) is 26.1 Å². The average Bonchev–Trinajstić information content (AvgIpc) is 2.05. The minimum absolute atomic E-state index is 0.226. The number of likely N-dealkylation sites (tertiary alicyclic amines) is 1. The highest BCUT2D eigenvalue weighted by Crippen LogP contribution is 2.15. The van der Waals surface area contributed by atoms with Crippen molar-refractivity contribution < 1.29 is 4.79 Å². The lowest BCUT2D eigenvalue weighted by Crippen LogP contribution is -2.39. The van der Waals surface area contributed by atoms with Gasteiger partial charge in [-0.3, -0.25) is 4.79 Å². The van der Waals surface area contributed by atoms with Crippen LogP contribution in [0.25, 0.3) is 0 Å². The summed E-state index contributed by atoms with van der Waals surface area (Å²) in [6.45, 7) is 4.54. The maximum Gasteiger partial charge on any atom is 0.223 e. The molecule has 1 aliphatic rings. The molecule has 2 N–H and O–H groups in total. The zero-order chi connectivity index (χ0) is 8.97. The van der Waals surface area contributed by atoms with Crippen LogP contribution in [0.1, 0.15) is 26.2 Å². The van der Waals surface area contributed by atoms with Gasteiger partial charge in [0.25, 0.3) is 0 Å². The lowest BCUT2D eigenvalue weighted by Gasteiger charge is -2.30. The van der Waals surface area contributed by atoms with Gasteiger partial charge >= 0.3 is 0 Å². The summed E-state index contributed by atoms with van der Waals surface area (Å²) in [5.41, 5.74) is 5.32. The van der Waals surface area contributed by atoms with Gasteiger partial charge in [-0.25, -0.2) is 0 Å². The zero-order valence-electron chi connectivity index (χ0n) is 7.75. The van der Waals surface area contributed by atoms with Crippen LogP contribution in [0.4, 0.5) is 0 Å². The summed E-state index contributed by atoms with van der Waals surface area (Å²) in [5, 5.41) is 0. The first-order chi connectivity index (χ1) is 5.74. The van der Waals surface area contributed by atoms with Gasteiger partial charge in [-0.05, 0) is 18.8 Å². The highest BCUT2D eigenvalue weighted by Gasteiger charge is 2.19. The number of amides is 1. The van der Waals surface area contributed by atoms with E-state index in [1.807, 2.05) is 4.90 Å². The number of carbonyl (C=O) groups excluding carboxylic acids is 1. The third kappa shape index (κ3) is 2.48. The summed E-state index contributed by atoms with van der Waals surface area (Å²) in [6.07, 6.45) is 2.91. The van der Waals surface area contributed by atoms with Crippen molar-refractivity contribution in [2.75, 3.05) is 19.6 Å². The standard InChI is InChI=1S/C9H18N2O/c1-8-3-2-6-11(7-8)9(12)4-5-10/h8H,2-7,10H2,1H3. The molecular weight excluding hydrogens is 152 g/mol. The van der Waals surface area contributed by atoms with Gasteiger partial charge in [-0.2, -0.15) is 0 Å². The van der Waals surface area contributed by atoms with E-state index in [1.165, 1.54) is 6.42 Å². The van der Waals surface area contributed by atoms with Crippen LogP contribution in [-0.4, -0.2) is 30.4 Å². The van der Waals surface area contributed by atoms with E-state index in [0.717, 1.165) is 19.5 Å². The van der Waals surface area contributed by atoms with E-state index in [4.69, 9.17) is 5.73 Å². The molecule has 1 rings (SSSR count). The Labute approximate surface area is 73.9 Å². The smallest absolute Gasteiger partial charge is 0.223 e. The Bertz CT molecular complexity index is 159. The maximum absolute atomic E-state index is 11.4. The first-order valence-electron chi connectivity index (χ1n) is 4.72. The predicted molar refractivity (Wildman–Crippen MR) is 48.6 cm³/mol. The molecular formula is C9H18N2O. The largest absolute Gasteiger partial charge is 0.342 e. The van der Waals surface area contributed by atoms with E-state index in [0.29, 0.717) is 18.9 Å². The summed E-state index contributed by atoms with van der Waals surface area (Å²) >= 11 is 0. The fourth-order valence-electron chi connectivity index (χ4n) is 1.70. The molecule has 0 radical (unpaired) electrons. The van der Waals surface area contributed by atoms with E-state index in [2.05, 4.69) is 6.92 Å². The second-order valence-corrected chi connectivity index (χ2v) is 3.63. The van der Waals surface area contributed by atoms with Crippen LogP contribution in [-0.2, 0) is 4.79 Å². The van der Waals surface area contributed by atoms with Crippen LogP contribution in [0.3, 0.4) is 0 Å². The molecule has 0 spiro atoms. The van der Waals surface area contributed by atoms with Crippen LogP contribution in [0, 0.1) is 5.92 Å². The number of carbonyl (C=O) groups is 1. The zero-order valence-corrected chi connectivity index (χ0v) is 7.75. The highest BCUT2D eigenvalue weighted by atomic mass is 16.2. The monoisotopic (exact) mass is 170 g/mol. The lowest BCUT2D eigenvalue weighted by molar-refractivity contribution is -0.132. The molecule has 3 heteroatoms. The highest BCUT2D eigenvalue weighted by molar-refractivity contribution is 5.76. The maximum atomic E-state index is 11.4. The molecule has 0 aliphatic carbocycles. The van der Waals surface area contributed by atoms with Crippen molar-refractivity contribution in [2.45, 2.75) is 26.2 Å². The van der Waals surface area contributed by atoms with Gasteiger partial charge in [0.1, 0.15) is 0 Å². The second kappa shape index (κ2) is 4.45. The van der Waals surface area contributed by atoms with Crippen molar-refractivity contribution >= 4 is 5.91 Å². The first kappa shape index (κ1) is 9.52. The van der Waals surface area contributed by atoms with E-state index in [1.54, 1.807) is 0 Å². The second-order valence-electron chi connectivity index (χ2n) is 3.63. The molecule has 70 valence electrons. The summed E-state index contributed by atoms with van der Waals surface area (Å²) in [7, 11) is 0. The molecule has 1 amide bonds. The number of rotatable bonds is 2. The van der Waals surface area contributed by atoms with Crippen LogP contribution in [0.2, 0.25) is 0 Å². The fourth-order valence-corrected chi connectivity index (χ4v) is 1.70. The van der Waals surface area contributed by atoms with E-state index >= 15 is 0 Å². The lowest BCUT2D eigenvalue weighted by atomic mass is 10.0. The molecule has 0 aromatic carbocycles. The number of hydrogen-bond donors (Lipinski definition) is 1. The fraction of sp³-hybridized carbons (Fsp3) is 0.889. The van der Waals surface area contributed by atoms with Crippen LogP contribution < -0.4 is 5.73 Å². The SMILES string of the molecule is CC1CCCN(C(=O)CCN)C1. The normalized spacial score (nSPS) is 24.2. The van der Waals surface area contributed by atoms with Crippen LogP contribution >= 0.6 is 0 Å². The Kier molecular flexibility index (Phi) is 3.53. The van der Waals surface area contributed by atoms with Crippen molar-refractivity contribution in [1.29, 1.82) is 0 Å². The van der Waals surface area contributed by atoms with Crippen molar-refractivity contribution in [1.82, 2.24) is 4.90 Å². The third-order valence-electron chi connectivity index (χ3n) is 2.37. The van der Waals surface area contributed by atoms with Gasteiger partial charge in [-0.15, -0.1) is 0 Å². The van der Waals surface area contributed by atoms with Gasteiger partial charge in [0.15, 0.2) is 0 Å². The molecule has 1 atom stereocenters. The van der Waals surface area contributed by atoms with Crippen LogP contribution in [0.15, 0.2) is 0 Å². The number of hydrogen-bond acceptors (Lipinski definition) is 2. The summed E-state index contributed by atoms with van der Waals surface area (Å²) in [6, 6.07) is 0. The molecule has 1 heterocycles. The molecule has 1 saturated heterocycles. The number of nitrogens with two attached hydrogens (primary N) is 1. The molecule has 3 nitrogen and oxygen atoms in total. The minimum Gasteiger partial charge on any atom is -0.342 e. The average molecular weight is 170 g/mol. The summed E-state index contributed by atoms with van der Waals surface area (Å²) < 4.78 is 0. The molecule has 0 saturated carbocycles. The quantitative estimate of drug-likeness (QED) is 0.659. The van der Waals surface area contributed by atoms with Gasteiger partial charge < -0.3 is 10.6 Å². The summed E-state index contributed by atoms with van der Waals surface area (Å²) in [4.78, 5) is 13.3. The molecule has 0 bridgehead atoms. The van der Waals surface area contributed by atoms with E-state index < -0.39 is 0 Å². The minimum atomic E-state index is 0.226. The molecule has 0 aromatic heterocycles. The Morgan fingerprint density at radius 3 is 3.00 bits per heavy atom. The van der Waals surface area contributed by atoms with Gasteiger partial charge in [-0.1, -0.05) is 6.92 Å². The van der Waals surface area contributed by atoms with Gasteiger partial charge in [0.05, 0.1) is 0 Å². The summed E-state index contributed by atoms with van der Waals surface area (Å²) in [5.74, 6) is 0.893. The Balaban J connectivity index is 2.35. The molecule has 0 aromatic rings. The topological polar surface area (TPSA) is 46.3 Å². The Morgan fingerprint density at radius 1 is 1.67 bits per heavy atom.